The normalized spacial score (nSPS) is 12.2. The first kappa shape index (κ1) is 17.3. The SMILES string of the molecule is CCN(c1cccc(C)c1)S(=O)(=O)c1ccc(C(F)(F)F)cc1. The Bertz CT molecular complexity index is 784. The third-order valence-electron chi connectivity index (χ3n) is 3.35. The molecule has 2 rings (SSSR count). The molecule has 0 aromatic heterocycles. The molecule has 2 aromatic rings. The van der Waals surface area contributed by atoms with E-state index in [0.29, 0.717) is 5.69 Å². The lowest BCUT2D eigenvalue weighted by Gasteiger charge is -2.23. The molecule has 0 amide bonds. The zero-order valence-corrected chi connectivity index (χ0v) is 13.4. The summed E-state index contributed by atoms with van der Waals surface area (Å²) < 4.78 is 64.3. The summed E-state index contributed by atoms with van der Waals surface area (Å²) in [5.41, 5.74) is 0.492. The summed E-state index contributed by atoms with van der Waals surface area (Å²) in [6, 6.07) is 10.4. The molecule has 0 unspecified atom stereocenters. The van der Waals surface area contributed by atoms with Crippen molar-refractivity contribution in [2.45, 2.75) is 24.9 Å². The fourth-order valence-electron chi connectivity index (χ4n) is 2.22. The molecule has 0 radical (unpaired) electrons. The molecule has 0 saturated carbocycles. The highest BCUT2D eigenvalue weighted by Crippen LogP contribution is 2.31. The molecule has 2 aromatic carbocycles. The van der Waals surface area contributed by atoms with Gasteiger partial charge in [0.2, 0.25) is 0 Å². The third-order valence-corrected chi connectivity index (χ3v) is 5.26. The minimum atomic E-state index is -4.50. The zero-order chi connectivity index (χ0) is 17.3. The van der Waals surface area contributed by atoms with Crippen LogP contribution in [0.1, 0.15) is 18.1 Å². The second kappa shape index (κ2) is 6.23. The number of hydrogen-bond donors (Lipinski definition) is 0. The van der Waals surface area contributed by atoms with Gasteiger partial charge in [0.05, 0.1) is 16.1 Å². The predicted molar refractivity (Wildman–Crippen MR) is 82.8 cm³/mol. The molecular weight excluding hydrogens is 327 g/mol. The number of alkyl halides is 3. The first-order valence-electron chi connectivity index (χ1n) is 6.93. The standard InChI is InChI=1S/C16H16F3NO2S/c1-3-20(14-6-4-5-12(2)11-14)23(21,22)15-9-7-13(8-10-15)16(17,18)19/h4-11H,3H2,1-2H3. The molecule has 0 bridgehead atoms. The van der Waals surface area contributed by atoms with Crippen molar-refractivity contribution >= 4 is 15.7 Å². The van der Waals surface area contributed by atoms with Crippen LogP contribution in [0.3, 0.4) is 0 Å². The molecule has 0 atom stereocenters. The molecule has 0 aliphatic carbocycles. The smallest absolute Gasteiger partial charge is 0.267 e. The van der Waals surface area contributed by atoms with Crippen molar-refractivity contribution in [2.75, 3.05) is 10.8 Å². The molecule has 0 saturated heterocycles. The topological polar surface area (TPSA) is 37.4 Å². The Morgan fingerprint density at radius 1 is 1.04 bits per heavy atom. The maximum absolute atomic E-state index is 12.7. The first-order valence-corrected chi connectivity index (χ1v) is 8.37. The fraction of sp³-hybridized carbons (Fsp3) is 0.250. The minimum absolute atomic E-state index is 0.172. The molecule has 0 fully saturated rings. The highest BCUT2D eigenvalue weighted by Gasteiger charge is 2.31. The average Bonchev–Trinajstić information content (AvgIpc) is 2.47. The van der Waals surface area contributed by atoms with Gasteiger partial charge in [-0.05, 0) is 55.8 Å². The van der Waals surface area contributed by atoms with Crippen LogP contribution >= 0.6 is 0 Å². The van der Waals surface area contributed by atoms with E-state index in [1.807, 2.05) is 13.0 Å². The number of benzene rings is 2. The Hall–Kier alpha value is -2.02. The van der Waals surface area contributed by atoms with E-state index in [-0.39, 0.29) is 11.4 Å². The minimum Gasteiger partial charge on any atom is -0.267 e. The van der Waals surface area contributed by atoms with Gasteiger partial charge in [-0.2, -0.15) is 13.2 Å². The largest absolute Gasteiger partial charge is 0.416 e. The Balaban J connectivity index is 2.43. The number of sulfonamides is 1. The van der Waals surface area contributed by atoms with Crippen molar-refractivity contribution in [3.63, 3.8) is 0 Å². The molecule has 0 spiro atoms. The molecule has 0 N–H and O–H groups in total. The molecular formula is C16H16F3NO2S. The molecule has 7 heteroatoms. The molecule has 23 heavy (non-hydrogen) atoms. The van der Waals surface area contributed by atoms with Crippen molar-refractivity contribution in [1.29, 1.82) is 0 Å². The second-order valence-corrected chi connectivity index (χ2v) is 6.89. The van der Waals surface area contributed by atoms with Gasteiger partial charge in [-0.3, -0.25) is 4.31 Å². The summed E-state index contributed by atoms with van der Waals surface area (Å²) >= 11 is 0. The first-order chi connectivity index (χ1) is 10.7. The highest BCUT2D eigenvalue weighted by atomic mass is 32.2. The van der Waals surface area contributed by atoms with E-state index in [0.717, 1.165) is 29.8 Å². The monoisotopic (exact) mass is 343 g/mol. The lowest BCUT2D eigenvalue weighted by atomic mass is 10.2. The van der Waals surface area contributed by atoms with Crippen LogP contribution in [0.2, 0.25) is 0 Å². The van der Waals surface area contributed by atoms with Gasteiger partial charge < -0.3 is 0 Å². The maximum atomic E-state index is 12.7. The Morgan fingerprint density at radius 2 is 1.65 bits per heavy atom. The van der Waals surface area contributed by atoms with Crippen molar-refractivity contribution in [3.8, 4) is 0 Å². The molecule has 0 aliphatic heterocycles. The number of anilines is 1. The van der Waals surface area contributed by atoms with Gasteiger partial charge in [0, 0.05) is 6.54 Å². The summed E-state index contributed by atoms with van der Waals surface area (Å²) in [7, 11) is -3.92. The molecule has 0 aliphatic rings. The van der Waals surface area contributed by atoms with Crippen LogP contribution in [-0.4, -0.2) is 15.0 Å². The Morgan fingerprint density at radius 3 is 2.13 bits per heavy atom. The summed E-state index contributed by atoms with van der Waals surface area (Å²) in [4.78, 5) is -0.172. The van der Waals surface area contributed by atoms with Crippen LogP contribution in [0.5, 0.6) is 0 Å². The highest BCUT2D eigenvalue weighted by molar-refractivity contribution is 7.92. The maximum Gasteiger partial charge on any atom is 0.416 e. The van der Waals surface area contributed by atoms with Gasteiger partial charge >= 0.3 is 6.18 Å². The quantitative estimate of drug-likeness (QED) is 0.833. The van der Waals surface area contributed by atoms with Gasteiger partial charge in [-0.25, -0.2) is 8.42 Å². The van der Waals surface area contributed by atoms with Crippen LogP contribution in [-0.2, 0) is 16.2 Å². The predicted octanol–water partition coefficient (Wildman–Crippen LogP) is 4.23. The van der Waals surface area contributed by atoms with E-state index in [2.05, 4.69) is 0 Å². The van der Waals surface area contributed by atoms with E-state index in [4.69, 9.17) is 0 Å². The van der Waals surface area contributed by atoms with Crippen LogP contribution in [0.25, 0.3) is 0 Å². The van der Waals surface area contributed by atoms with Crippen LogP contribution in [0, 0.1) is 6.92 Å². The van der Waals surface area contributed by atoms with Crippen molar-refractivity contribution < 1.29 is 21.6 Å². The Labute approximate surface area is 133 Å². The number of nitrogens with zero attached hydrogens (tertiary/aromatic N) is 1. The van der Waals surface area contributed by atoms with Gasteiger partial charge in [-0.15, -0.1) is 0 Å². The van der Waals surface area contributed by atoms with E-state index in [9.17, 15) is 21.6 Å². The molecule has 3 nitrogen and oxygen atoms in total. The summed E-state index contributed by atoms with van der Waals surface area (Å²) in [6.45, 7) is 3.68. The van der Waals surface area contributed by atoms with Gasteiger partial charge in [0.1, 0.15) is 0 Å². The van der Waals surface area contributed by atoms with Crippen LogP contribution in [0.4, 0.5) is 18.9 Å². The van der Waals surface area contributed by atoms with Gasteiger partial charge in [0.25, 0.3) is 10.0 Å². The van der Waals surface area contributed by atoms with Crippen molar-refractivity contribution in [2.24, 2.45) is 0 Å². The van der Waals surface area contributed by atoms with E-state index < -0.39 is 21.8 Å². The summed E-state index contributed by atoms with van der Waals surface area (Å²) in [6.07, 6.45) is -4.50. The number of hydrogen-bond acceptors (Lipinski definition) is 2. The van der Waals surface area contributed by atoms with Crippen LogP contribution < -0.4 is 4.31 Å². The Kier molecular flexibility index (Phi) is 4.70. The van der Waals surface area contributed by atoms with Crippen molar-refractivity contribution in [3.05, 3.63) is 59.7 Å². The van der Waals surface area contributed by atoms with Gasteiger partial charge in [0.15, 0.2) is 0 Å². The average molecular weight is 343 g/mol. The number of halogens is 3. The fourth-order valence-corrected chi connectivity index (χ4v) is 3.68. The van der Waals surface area contributed by atoms with Crippen LogP contribution in [0.15, 0.2) is 53.4 Å². The summed E-state index contributed by atoms with van der Waals surface area (Å²) in [5.74, 6) is 0. The van der Waals surface area contributed by atoms with Crippen molar-refractivity contribution in [1.82, 2.24) is 0 Å². The number of rotatable bonds is 4. The molecule has 124 valence electrons. The zero-order valence-electron chi connectivity index (χ0n) is 12.6. The summed E-state index contributed by atoms with van der Waals surface area (Å²) in [5, 5.41) is 0. The molecule has 0 heterocycles. The lowest BCUT2D eigenvalue weighted by molar-refractivity contribution is -0.137. The number of aryl methyl sites for hydroxylation is 1. The lowest BCUT2D eigenvalue weighted by Crippen LogP contribution is -2.30. The van der Waals surface area contributed by atoms with E-state index in [1.54, 1.807) is 25.1 Å². The second-order valence-electron chi connectivity index (χ2n) is 5.03. The van der Waals surface area contributed by atoms with E-state index >= 15 is 0 Å². The van der Waals surface area contributed by atoms with Gasteiger partial charge in [-0.1, -0.05) is 12.1 Å². The third kappa shape index (κ3) is 3.67. The van der Waals surface area contributed by atoms with E-state index in [1.165, 1.54) is 4.31 Å².